The number of nitrogens with zero attached hydrogens (tertiary/aromatic N) is 3. The van der Waals surface area contributed by atoms with Crippen LogP contribution >= 0.6 is 0 Å². The van der Waals surface area contributed by atoms with Crippen LogP contribution in [-0.2, 0) is 13.0 Å². The first-order valence-electron chi connectivity index (χ1n) is 7.54. The van der Waals surface area contributed by atoms with Gasteiger partial charge in [-0.3, -0.25) is 0 Å². The molecule has 3 heteroatoms. The number of aryl methyl sites for hydroxylation is 1. The summed E-state index contributed by atoms with van der Waals surface area (Å²) in [7, 11) is 0. The largest absolute Gasteiger partial charge is 0.311 e. The average Bonchev–Trinajstić information content (AvgIpc) is 2.83. The summed E-state index contributed by atoms with van der Waals surface area (Å²) >= 11 is 0. The molecule has 0 unspecified atom stereocenters. The molecule has 1 aromatic heterocycles. The first kappa shape index (κ1) is 13.1. The molecule has 0 saturated carbocycles. The Labute approximate surface area is 120 Å². The fourth-order valence-electron chi connectivity index (χ4n) is 2.90. The van der Waals surface area contributed by atoms with Gasteiger partial charge in [0.25, 0.3) is 0 Å². The molecular weight excluding hydrogens is 246 g/mol. The molecule has 0 bridgehead atoms. The van der Waals surface area contributed by atoms with Crippen molar-refractivity contribution < 1.29 is 0 Å². The third kappa shape index (κ3) is 2.53. The van der Waals surface area contributed by atoms with Crippen molar-refractivity contribution >= 4 is 5.57 Å². The maximum Gasteiger partial charge on any atom is 0.164 e. The minimum absolute atomic E-state index is 1.02. The fraction of sp³-hybridized carbons (Fsp3) is 0.412. The number of rotatable bonds is 2. The highest BCUT2D eigenvalue weighted by Gasteiger charge is 2.17. The zero-order valence-corrected chi connectivity index (χ0v) is 12.0. The Kier molecular flexibility index (Phi) is 3.95. The average molecular weight is 267 g/mol. The van der Waals surface area contributed by atoms with E-state index in [1.54, 1.807) is 0 Å². The van der Waals surface area contributed by atoms with E-state index in [0.717, 1.165) is 24.6 Å². The van der Waals surface area contributed by atoms with Crippen LogP contribution in [0.25, 0.3) is 5.57 Å². The van der Waals surface area contributed by atoms with Crippen LogP contribution < -0.4 is 0 Å². The molecule has 0 N–H and O–H groups in total. The second-order valence-electron chi connectivity index (χ2n) is 5.32. The summed E-state index contributed by atoms with van der Waals surface area (Å²) in [6.45, 7) is 3.12. The fourth-order valence-corrected chi connectivity index (χ4v) is 2.90. The van der Waals surface area contributed by atoms with Crippen molar-refractivity contribution in [2.45, 2.75) is 45.6 Å². The van der Waals surface area contributed by atoms with Gasteiger partial charge < -0.3 is 4.57 Å². The number of hydrogen-bond acceptors (Lipinski definition) is 2. The molecule has 0 atom stereocenters. The van der Waals surface area contributed by atoms with Crippen LogP contribution in [0.2, 0.25) is 0 Å². The quantitative estimate of drug-likeness (QED) is 0.827. The van der Waals surface area contributed by atoms with Gasteiger partial charge >= 0.3 is 0 Å². The molecule has 0 spiro atoms. The molecule has 1 aliphatic heterocycles. The highest BCUT2D eigenvalue weighted by Crippen LogP contribution is 2.24. The van der Waals surface area contributed by atoms with Crippen molar-refractivity contribution in [1.29, 1.82) is 0 Å². The van der Waals surface area contributed by atoms with Crippen LogP contribution in [0.3, 0.4) is 0 Å². The van der Waals surface area contributed by atoms with E-state index in [2.05, 4.69) is 52.0 Å². The van der Waals surface area contributed by atoms with Crippen LogP contribution in [-0.4, -0.2) is 14.8 Å². The van der Waals surface area contributed by atoms with Crippen molar-refractivity contribution in [3.63, 3.8) is 0 Å². The van der Waals surface area contributed by atoms with Gasteiger partial charge in [0.05, 0.1) is 0 Å². The molecule has 3 rings (SSSR count). The molecular formula is C17H21N3. The third-order valence-electron chi connectivity index (χ3n) is 3.97. The van der Waals surface area contributed by atoms with E-state index < -0.39 is 0 Å². The van der Waals surface area contributed by atoms with Gasteiger partial charge in [0, 0.05) is 18.5 Å². The molecule has 0 amide bonds. The van der Waals surface area contributed by atoms with Gasteiger partial charge in [-0.25, -0.2) is 0 Å². The lowest BCUT2D eigenvalue weighted by Gasteiger charge is -2.15. The Hall–Kier alpha value is -1.90. The number of fused-ring (bicyclic) bond motifs is 1. The van der Waals surface area contributed by atoms with E-state index in [1.807, 2.05) is 6.07 Å². The van der Waals surface area contributed by atoms with Gasteiger partial charge in [0.15, 0.2) is 5.82 Å². The van der Waals surface area contributed by atoms with E-state index >= 15 is 0 Å². The van der Waals surface area contributed by atoms with Gasteiger partial charge in [-0.2, -0.15) is 0 Å². The van der Waals surface area contributed by atoms with E-state index in [-0.39, 0.29) is 0 Å². The van der Waals surface area contributed by atoms with E-state index in [4.69, 9.17) is 0 Å². The van der Waals surface area contributed by atoms with Crippen molar-refractivity contribution in [3.05, 3.63) is 53.6 Å². The molecule has 104 valence electrons. The molecule has 0 fully saturated rings. The molecule has 3 nitrogen and oxygen atoms in total. The summed E-state index contributed by atoms with van der Waals surface area (Å²) in [4.78, 5) is 0. The predicted octanol–water partition coefficient (Wildman–Crippen LogP) is 3.85. The second kappa shape index (κ2) is 6.04. The summed E-state index contributed by atoms with van der Waals surface area (Å²) in [5.41, 5.74) is 2.40. The Morgan fingerprint density at radius 1 is 1.05 bits per heavy atom. The van der Waals surface area contributed by atoms with E-state index in [0.29, 0.717) is 0 Å². The van der Waals surface area contributed by atoms with Crippen molar-refractivity contribution in [3.8, 4) is 0 Å². The summed E-state index contributed by atoms with van der Waals surface area (Å²) < 4.78 is 2.32. The normalized spacial score (nSPS) is 16.4. The first-order valence-corrected chi connectivity index (χ1v) is 7.54. The summed E-state index contributed by atoms with van der Waals surface area (Å²) in [6, 6.07) is 10.5. The van der Waals surface area contributed by atoms with Gasteiger partial charge in [-0.15, -0.1) is 10.2 Å². The third-order valence-corrected chi connectivity index (χ3v) is 3.97. The van der Waals surface area contributed by atoms with Crippen LogP contribution in [0.1, 0.15) is 49.8 Å². The molecule has 0 aliphatic carbocycles. The Morgan fingerprint density at radius 3 is 2.65 bits per heavy atom. The van der Waals surface area contributed by atoms with Crippen LogP contribution in [0.15, 0.2) is 36.4 Å². The maximum absolute atomic E-state index is 4.47. The van der Waals surface area contributed by atoms with E-state index in [1.165, 1.54) is 36.8 Å². The van der Waals surface area contributed by atoms with Crippen molar-refractivity contribution in [1.82, 2.24) is 14.8 Å². The minimum Gasteiger partial charge on any atom is -0.311 e. The highest BCUT2D eigenvalue weighted by atomic mass is 15.3. The smallest absolute Gasteiger partial charge is 0.164 e. The predicted molar refractivity (Wildman–Crippen MR) is 81.4 cm³/mol. The van der Waals surface area contributed by atoms with Gasteiger partial charge in [-0.05, 0) is 25.3 Å². The Balaban J connectivity index is 2.01. The highest BCUT2D eigenvalue weighted by molar-refractivity contribution is 5.76. The van der Waals surface area contributed by atoms with E-state index in [9.17, 15) is 0 Å². The van der Waals surface area contributed by atoms with Gasteiger partial charge in [0.1, 0.15) is 5.82 Å². The molecule has 20 heavy (non-hydrogen) atoms. The van der Waals surface area contributed by atoms with Crippen molar-refractivity contribution in [2.24, 2.45) is 0 Å². The molecule has 2 heterocycles. The molecule has 0 radical (unpaired) electrons. The monoisotopic (exact) mass is 267 g/mol. The Morgan fingerprint density at radius 2 is 1.85 bits per heavy atom. The summed E-state index contributed by atoms with van der Waals surface area (Å²) in [6.07, 6.45) is 8.29. The molecule has 1 aliphatic rings. The number of hydrogen-bond donors (Lipinski definition) is 0. The van der Waals surface area contributed by atoms with Crippen LogP contribution in [0.4, 0.5) is 0 Å². The lowest BCUT2D eigenvalue weighted by atomic mass is 10.0. The van der Waals surface area contributed by atoms with Crippen LogP contribution in [0.5, 0.6) is 0 Å². The van der Waals surface area contributed by atoms with Gasteiger partial charge in [-0.1, -0.05) is 49.2 Å². The Bertz CT molecular complexity index is 596. The first-order chi connectivity index (χ1) is 9.90. The van der Waals surface area contributed by atoms with Gasteiger partial charge in [0.2, 0.25) is 0 Å². The maximum atomic E-state index is 4.47. The topological polar surface area (TPSA) is 30.7 Å². The zero-order valence-electron chi connectivity index (χ0n) is 12.0. The standard InChI is InChI=1S/C17H21N3/c1-2-15(14-10-6-5-7-11-14)17-19-18-16-12-8-3-4-9-13-20(16)17/h2,5-7,10-11H,3-4,8-9,12-13H2,1H3/b15-2+. The van der Waals surface area contributed by atoms with Crippen LogP contribution in [0, 0.1) is 0 Å². The second-order valence-corrected chi connectivity index (χ2v) is 5.32. The van der Waals surface area contributed by atoms with Crippen molar-refractivity contribution in [2.75, 3.05) is 0 Å². The molecule has 2 aromatic rings. The zero-order chi connectivity index (χ0) is 13.8. The SMILES string of the molecule is C/C=C(\c1ccccc1)c1nnc2n1CCCCCC2. The minimum atomic E-state index is 1.02. The lowest BCUT2D eigenvalue weighted by Crippen LogP contribution is -2.10. The number of allylic oxidation sites excluding steroid dienone is 1. The lowest BCUT2D eigenvalue weighted by molar-refractivity contribution is 0.513. The number of aromatic nitrogens is 3. The molecule has 0 saturated heterocycles. The summed E-state index contributed by atoms with van der Waals surface area (Å²) in [5, 5.41) is 8.90. The summed E-state index contributed by atoms with van der Waals surface area (Å²) in [5.74, 6) is 2.17. The number of benzene rings is 1. The molecule has 1 aromatic carbocycles.